The predicted octanol–water partition coefficient (Wildman–Crippen LogP) is 3.21. The average molecular weight is 294 g/mol. The number of nitrogens with one attached hydrogen (secondary N) is 1. The van der Waals surface area contributed by atoms with Crippen LogP contribution in [0.15, 0.2) is 22.7 Å². The highest BCUT2D eigenvalue weighted by molar-refractivity contribution is 7.14. The maximum Gasteiger partial charge on any atom is 0.162 e. The monoisotopic (exact) mass is 294 g/mol. The van der Waals surface area contributed by atoms with Gasteiger partial charge < -0.3 is 14.8 Å². The zero-order chi connectivity index (χ0) is 14.5. The molecular formula is C15H22N2O2S. The van der Waals surface area contributed by atoms with Gasteiger partial charge in [-0.3, -0.25) is 0 Å². The molecule has 2 aromatic rings. The number of hydrogen-bond donors (Lipinski definition) is 2. The standard InChI is InChI=1S/C15H22N2O2S/c1-10(2)13(6-7-18)16-8-12-9-17-15(20-12)14-5-4-11(3)19-14/h4-5,9-10,13,16,18H,6-8H2,1-3H3. The van der Waals surface area contributed by atoms with Gasteiger partial charge in [0.15, 0.2) is 10.8 Å². The second-order valence-electron chi connectivity index (χ2n) is 5.29. The van der Waals surface area contributed by atoms with Crippen LogP contribution in [0.5, 0.6) is 0 Å². The molecule has 0 aromatic carbocycles. The van der Waals surface area contributed by atoms with Crippen molar-refractivity contribution in [1.29, 1.82) is 0 Å². The Hall–Kier alpha value is -1.17. The van der Waals surface area contributed by atoms with Crippen molar-refractivity contribution in [3.8, 4) is 10.8 Å². The first kappa shape index (κ1) is 15.2. The third-order valence-electron chi connectivity index (χ3n) is 3.29. The Balaban J connectivity index is 1.96. The quantitative estimate of drug-likeness (QED) is 0.823. The Bertz CT molecular complexity index is 533. The van der Waals surface area contributed by atoms with E-state index in [0.29, 0.717) is 12.0 Å². The summed E-state index contributed by atoms with van der Waals surface area (Å²) in [6.45, 7) is 7.26. The van der Waals surface area contributed by atoms with Gasteiger partial charge in [0.25, 0.3) is 0 Å². The van der Waals surface area contributed by atoms with Crippen LogP contribution in [0.4, 0.5) is 0 Å². The van der Waals surface area contributed by atoms with Crippen molar-refractivity contribution in [1.82, 2.24) is 10.3 Å². The highest BCUT2D eigenvalue weighted by atomic mass is 32.1. The highest BCUT2D eigenvalue weighted by Gasteiger charge is 2.13. The van der Waals surface area contributed by atoms with Gasteiger partial charge in [0.1, 0.15) is 5.76 Å². The van der Waals surface area contributed by atoms with Crippen LogP contribution in [0.3, 0.4) is 0 Å². The molecule has 0 aliphatic rings. The summed E-state index contributed by atoms with van der Waals surface area (Å²) < 4.78 is 5.58. The van der Waals surface area contributed by atoms with E-state index >= 15 is 0 Å². The Morgan fingerprint density at radius 1 is 1.40 bits per heavy atom. The molecule has 2 aromatic heterocycles. The van der Waals surface area contributed by atoms with Gasteiger partial charge in [-0.1, -0.05) is 13.8 Å². The summed E-state index contributed by atoms with van der Waals surface area (Å²) in [5.74, 6) is 2.23. The third kappa shape index (κ3) is 3.91. The molecule has 0 fully saturated rings. The van der Waals surface area contributed by atoms with E-state index < -0.39 is 0 Å². The zero-order valence-corrected chi connectivity index (χ0v) is 13.0. The molecule has 0 spiro atoms. The van der Waals surface area contributed by atoms with Crippen molar-refractivity contribution in [3.05, 3.63) is 29.0 Å². The first-order valence-electron chi connectivity index (χ1n) is 6.96. The molecule has 0 amide bonds. The summed E-state index contributed by atoms with van der Waals surface area (Å²) in [5.41, 5.74) is 0. The first-order chi connectivity index (χ1) is 9.60. The molecule has 20 heavy (non-hydrogen) atoms. The Labute approximate surface area is 123 Å². The van der Waals surface area contributed by atoms with Crippen molar-refractivity contribution < 1.29 is 9.52 Å². The lowest BCUT2D eigenvalue weighted by Gasteiger charge is -2.20. The van der Waals surface area contributed by atoms with Gasteiger partial charge in [0, 0.05) is 30.3 Å². The Kier molecular flexibility index (Phi) is 5.34. The van der Waals surface area contributed by atoms with E-state index in [0.717, 1.165) is 29.5 Å². The number of aliphatic hydroxyl groups excluding tert-OH is 1. The number of aliphatic hydroxyl groups is 1. The number of nitrogens with zero attached hydrogens (tertiary/aromatic N) is 1. The van der Waals surface area contributed by atoms with Crippen molar-refractivity contribution >= 4 is 11.3 Å². The van der Waals surface area contributed by atoms with Gasteiger partial charge in [-0.05, 0) is 31.4 Å². The smallest absolute Gasteiger partial charge is 0.162 e. The molecule has 1 atom stereocenters. The van der Waals surface area contributed by atoms with E-state index in [2.05, 4.69) is 24.1 Å². The van der Waals surface area contributed by atoms with E-state index in [-0.39, 0.29) is 6.61 Å². The molecule has 5 heteroatoms. The van der Waals surface area contributed by atoms with Gasteiger partial charge in [-0.2, -0.15) is 0 Å². The number of rotatable bonds is 7. The van der Waals surface area contributed by atoms with E-state index in [1.54, 1.807) is 11.3 Å². The molecule has 0 aliphatic heterocycles. The van der Waals surface area contributed by atoms with Crippen LogP contribution in [0.2, 0.25) is 0 Å². The highest BCUT2D eigenvalue weighted by Crippen LogP contribution is 2.26. The number of thiazole rings is 1. The van der Waals surface area contributed by atoms with Gasteiger partial charge in [0.05, 0.1) is 0 Å². The van der Waals surface area contributed by atoms with Crippen molar-refractivity contribution in [2.24, 2.45) is 5.92 Å². The minimum Gasteiger partial charge on any atom is -0.459 e. The summed E-state index contributed by atoms with van der Waals surface area (Å²) in [6, 6.07) is 4.23. The fraction of sp³-hybridized carbons (Fsp3) is 0.533. The van der Waals surface area contributed by atoms with E-state index in [1.807, 2.05) is 25.3 Å². The normalized spacial score (nSPS) is 13.1. The predicted molar refractivity (Wildman–Crippen MR) is 81.7 cm³/mol. The van der Waals surface area contributed by atoms with Crippen LogP contribution < -0.4 is 5.32 Å². The Morgan fingerprint density at radius 2 is 2.20 bits per heavy atom. The molecular weight excluding hydrogens is 272 g/mol. The number of furan rings is 1. The van der Waals surface area contributed by atoms with Gasteiger partial charge in [-0.15, -0.1) is 11.3 Å². The lowest BCUT2D eigenvalue weighted by Crippen LogP contribution is -2.33. The molecule has 0 saturated heterocycles. The van der Waals surface area contributed by atoms with Gasteiger partial charge in [-0.25, -0.2) is 4.98 Å². The lowest BCUT2D eigenvalue weighted by atomic mass is 10.0. The molecule has 0 saturated carbocycles. The third-order valence-corrected chi connectivity index (χ3v) is 4.30. The summed E-state index contributed by atoms with van der Waals surface area (Å²) in [5, 5.41) is 13.5. The SMILES string of the molecule is Cc1ccc(-c2ncc(CNC(CCO)C(C)C)s2)o1. The van der Waals surface area contributed by atoms with Crippen LogP contribution in [0.25, 0.3) is 10.8 Å². The largest absolute Gasteiger partial charge is 0.459 e. The first-order valence-corrected chi connectivity index (χ1v) is 7.77. The van der Waals surface area contributed by atoms with Crippen molar-refractivity contribution in [2.45, 2.75) is 39.8 Å². The number of aromatic nitrogens is 1. The molecule has 0 bridgehead atoms. The second kappa shape index (κ2) is 7.02. The van der Waals surface area contributed by atoms with Crippen molar-refractivity contribution in [2.75, 3.05) is 6.61 Å². The molecule has 0 aliphatic carbocycles. The van der Waals surface area contributed by atoms with Crippen LogP contribution in [0, 0.1) is 12.8 Å². The zero-order valence-electron chi connectivity index (χ0n) is 12.2. The molecule has 2 heterocycles. The van der Waals surface area contributed by atoms with E-state index in [9.17, 15) is 0 Å². The van der Waals surface area contributed by atoms with Crippen LogP contribution >= 0.6 is 11.3 Å². The molecule has 2 N–H and O–H groups in total. The van der Waals surface area contributed by atoms with Crippen LogP contribution in [-0.4, -0.2) is 22.7 Å². The minimum absolute atomic E-state index is 0.218. The topological polar surface area (TPSA) is 58.3 Å². The maximum absolute atomic E-state index is 9.08. The summed E-state index contributed by atoms with van der Waals surface area (Å²) in [7, 11) is 0. The summed E-state index contributed by atoms with van der Waals surface area (Å²) >= 11 is 1.64. The van der Waals surface area contributed by atoms with E-state index in [4.69, 9.17) is 9.52 Å². The van der Waals surface area contributed by atoms with Crippen molar-refractivity contribution in [3.63, 3.8) is 0 Å². The average Bonchev–Trinajstić information content (AvgIpc) is 3.02. The second-order valence-corrected chi connectivity index (χ2v) is 6.40. The van der Waals surface area contributed by atoms with Crippen LogP contribution in [-0.2, 0) is 6.54 Å². The number of aryl methyl sites for hydroxylation is 1. The van der Waals surface area contributed by atoms with Gasteiger partial charge >= 0.3 is 0 Å². The minimum atomic E-state index is 0.218. The van der Waals surface area contributed by atoms with E-state index in [1.165, 1.54) is 4.88 Å². The molecule has 4 nitrogen and oxygen atoms in total. The molecule has 1 unspecified atom stereocenters. The fourth-order valence-electron chi connectivity index (χ4n) is 2.09. The lowest BCUT2D eigenvalue weighted by molar-refractivity contribution is 0.244. The molecule has 0 radical (unpaired) electrons. The fourth-order valence-corrected chi connectivity index (χ4v) is 2.92. The van der Waals surface area contributed by atoms with Gasteiger partial charge in [0.2, 0.25) is 0 Å². The van der Waals surface area contributed by atoms with Crippen LogP contribution in [0.1, 0.15) is 30.9 Å². The Morgan fingerprint density at radius 3 is 2.80 bits per heavy atom. The summed E-state index contributed by atoms with van der Waals surface area (Å²) in [4.78, 5) is 5.58. The number of hydrogen-bond acceptors (Lipinski definition) is 5. The molecule has 2 rings (SSSR count). The maximum atomic E-state index is 9.08. The summed E-state index contributed by atoms with van der Waals surface area (Å²) in [6.07, 6.45) is 2.67. The molecule has 110 valence electrons.